The lowest BCUT2D eigenvalue weighted by molar-refractivity contribution is -0.237. The Morgan fingerprint density at radius 3 is 2.06 bits per heavy atom. The van der Waals surface area contributed by atoms with Crippen LogP contribution in [0.2, 0.25) is 0 Å². The Bertz CT molecular complexity index is 249. The van der Waals surface area contributed by atoms with E-state index in [1.165, 1.54) is 0 Å². The summed E-state index contributed by atoms with van der Waals surface area (Å²) in [5, 5.41) is 9.48. The molecule has 1 atom stereocenters. The van der Waals surface area contributed by atoms with Crippen LogP contribution in [-0.4, -0.2) is 16.9 Å². The minimum Gasteiger partial charge on any atom is -0.370 e. The van der Waals surface area contributed by atoms with Gasteiger partial charge >= 0.3 is 6.18 Å². The number of hydrogen-bond acceptors (Lipinski definition) is 1. The molecule has 4 heteroatoms. The van der Waals surface area contributed by atoms with Crippen molar-refractivity contribution in [3.05, 3.63) is 0 Å². The molecule has 0 spiro atoms. The molecule has 0 saturated carbocycles. The standard InChI is InChI=1S/C12H19F3O/c1-3-5-7-8-10-11(16,9-6-4-2)12(13,14)15/h16H,3-7,9H2,1-2H3. The lowest BCUT2D eigenvalue weighted by atomic mass is 9.96. The zero-order chi connectivity index (χ0) is 12.7. The molecule has 0 fully saturated rings. The highest BCUT2D eigenvalue weighted by Gasteiger charge is 2.52. The van der Waals surface area contributed by atoms with Crippen LogP contribution in [0, 0.1) is 11.8 Å². The highest BCUT2D eigenvalue weighted by Crippen LogP contribution is 2.33. The molecule has 1 nitrogen and oxygen atoms in total. The van der Waals surface area contributed by atoms with Gasteiger partial charge in [0.05, 0.1) is 0 Å². The summed E-state index contributed by atoms with van der Waals surface area (Å²) in [7, 11) is 0. The largest absolute Gasteiger partial charge is 0.428 e. The van der Waals surface area contributed by atoms with Crippen LogP contribution < -0.4 is 0 Å². The van der Waals surface area contributed by atoms with E-state index in [1.807, 2.05) is 12.8 Å². The fourth-order valence-electron chi connectivity index (χ4n) is 1.18. The minimum atomic E-state index is -4.67. The second-order valence-electron chi connectivity index (χ2n) is 3.87. The van der Waals surface area contributed by atoms with Crippen LogP contribution in [0.25, 0.3) is 0 Å². The van der Waals surface area contributed by atoms with Crippen molar-refractivity contribution in [1.82, 2.24) is 0 Å². The van der Waals surface area contributed by atoms with Gasteiger partial charge in [0, 0.05) is 6.42 Å². The van der Waals surface area contributed by atoms with Crippen LogP contribution in [0.4, 0.5) is 13.2 Å². The molecule has 0 amide bonds. The molecule has 0 saturated heterocycles. The van der Waals surface area contributed by atoms with E-state index < -0.39 is 11.8 Å². The highest BCUT2D eigenvalue weighted by atomic mass is 19.4. The van der Waals surface area contributed by atoms with Crippen LogP contribution >= 0.6 is 0 Å². The van der Waals surface area contributed by atoms with Crippen molar-refractivity contribution in [3.63, 3.8) is 0 Å². The molecule has 0 radical (unpaired) electrons. The van der Waals surface area contributed by atoms with Crippen LogP contribution in [-0.2, 0) is 0 Å². The normalized spacial score (nSPS) is 15.1. The third-order valence-electron chi connectivity index (χ3n) is 2.31. The quantitative estimate of drug-likeness (QED) is 0.570. The fraction of sp³-hybridized carbons (Fsp3) is 0.833. The molecule has 94 valence electrons. The van der Waals surface area contributed by atoms with Crippen molar-refractivity contribution >= 4 is 0 Å². The molecule has 0 bridgehead atoms. The molecule has 0 aliphatic carbocycles. The summed E-state index contributed by atoms with van der Waals surface area (Å²) in [6, 6.07) is 0. The second kappa shape index (κ2) is 6.80. The first-order valence-corrected chi connectivity index (χ1v) is 5.66. The van der Waals surface area contributed by atoms with Gasteiger partial charge in [-0.15, -0.1) is 0 Å². The number of hydrogen-bond donors (Lipinski definition) is 1. The van der Waals surface area contributed by atoms with Gasteiger partial charge in [0.15, 0.2) is 0 Å². The minimum absolute atomic E-state index is 0.318. The molecular formula is C12H19F3O. The zero-order valence-corrected chi connectivity index (χ0v) is 9.82. The van der Waals surface area contributed by atoms with Crippen LogP contribution in [0.5, 0.6) is 0 Å². The topological polar surface area (TPSA) is 20.2 Å². The number of halogens is 3. The Balaban J connectivity index is 4.58. The smallest absolute Gasteiger partial charge is 0.370 e. The SMILES string of the molecule is CCCCC#CC(O)(CCCC)C(F)(F)F. The van der Waals surface area contributed by atoms with Gasteiger partial charge in [-0.05, 0) is 19.3 Å². The van der Waals surface area contributed by atoms with Crippen LogP contribution in [0.1, 0.15) is 52.4 Å². The molecule has 0 aromatic rings. The fourth-order valence-corrected chi connectivity index (χ4v) is 1.18. The summed E-state index contributed by atoms with van der Waals surface area (Å²) in [5.74, 6) is 4.41. The summed E-state index contributed by atoms with van der Waals surface area (Å²) in [4.78, 5) is 0. The van der Waals surface area contributed by atoms with E-state index in [-0.39, 0.29) is 6.42 Å². The molecule has 0 aliphatic heterocycles. The molecule has 1 unspecified atom stereocenters. The maximum Gasteiger partial charge on any atom is 0.428 e. The Morgan fingerprint density at radius 1 is 1.06 bits per heavy atom. The van der Waals surface area contributed by atoms with Gasteiger partial charge < -0.3 is 5.11 Å². The average molecular weight is 236 g/mol. The van der Waals surface area contributed by atoms with Gasteiger partial charge in [0.1, 0.15) is 0 Å². The van der Waals surface area contributed by atoms with E-state index in [1.54, 1.807) is 6.92 Å². The number of aliphatic hydroxyl groups is 1. The summed E-state index contributed by atoms with van der Waals surface area (Å²) in [6.07, 6.45) is -2.04. The van der Waals surface area contributed by atoms with Crippen molar-refractivity contribution in [2.24, 2.45) is 0 Å². The molecular weight excluding hydrogens is 217 g/mol. The molecule has 0 aromatic heterocycles. The monoisotopic (exact) mass is 236 g/mol. The van der Waals surface area contributed by atoms with Crippen molar-refractivity contribution in [2.45, 2.75) is 64.1 Å². The highest BCUT2D eigenvalue weighted by molar-refractivity contribution is 5.17. The van der Waals surface area contributed by atoms with Gasteiger partial charge in [0.2, 0.25) is 5.60 Å². The van der Waals surface area contributed by atoms with Gasteiger partial charge in [-0.3, -0.25) is 0 Å². The average Bonchev–Trinajstić information content (AvgIpc) is 2.20. The summed E-state index contributed by atoms with van der Waals surface area (Å²) < 4.78 is 37.8. The van der Waals surface area contributed by atoms with Crippen molar-refractivity contribution in [3.8, 4) is 11.8 Å². The predicted molar refractivity (Wildman–Crippen MR) is 57.8 cm³/mol. The van der Waals surface area contributed by atoms with E-state index in [0.717, 1.165) is 12.8 Å². The Hall–Kier alpha value is -0.690. The third kappa shape index (κ3) is 4.89. The van der Waals surface area contributed by atoms with Gasteiger partial charge in [-0.1, -0.05) is 38.5 Å². The molecule has 0 rings (SSSR count). The first kappa shape index (κ1) is 15.3. The molecule has 0 aliphatic rings. The van der Waals surface area contributed by atoms with E-state index >= 15 is 0 Å². The Morgan fingerprint density at radius 2 is 1.62 bits per heavy atom. The van der Waals surface area contributed by atoms with E-state index in [2.05, 4.69) is 5.92 Å². The first-order chi connectivity index (χ1) is 7.37. The number of rotatable bonds is 5. The molecule has 16 heavy (non-hydrogen) atoms. The van der Waals surface area contributed by atoms with Gasteiger partial charge in [-0.25, -0.2) is 0 Å². The van der Waals surface area contributed by atoms with Crippen LogP contribution in [0.15, 0.2) is 0 Å². The molecule has 0 heterocycles. The third-order valence-corrected chi connectivity index (χ3v) is 2.31. The Labute approximate surface area is 95.0 Å². The van der Waals surface area contributed by atoms with Crippen LogP contribution in [0.3, 0.4) is 0 Å². The Kier molecular flexibility index (Phi) is 6.51. The molecule has 0 aromatic carbocycles. The number of alkyl halides is 3. The molecule has 1 N–H and O–H groups in total. The van der Waals surface area contributed by atoms with E-state index in [4.69, 9.17) is 0 Å². The zero-order valence-electron chi connectivity index (χ0n) is 9.82. The van der Waals surface area contributed by atoms with Crippen molar-refractivity contribution < 1.29 is 18.3 Å². The lowest BCUT2D eigenvalue weighted by Crippen LogP contribution is -2.43. The summed E-state index contributed by atoms with van der Waals surface area (Å²) >= 11 is 0. The maximum atomic E-state index is 12.6. The summed E-state index contributed by atoms with van der Waals surface area (Å²) in [5.41, 5.74) is -2.82. The second-order valence-corrected chi connectivity index (χ2v) is 3.87. The predicted octanol–water partition coefficient (Wildman–Crippen LogP) is 3.66. The number of unbranched alkanes of at least 4 members (excludes halogenated alkanes) is 3. The van der Waals surface area contributed by atoms with Gasteiger partial charge in [0.25, 0.3) is 0 Å². The summed E-state index contributed by atoms with van der Waals surface area (Å²) in [6.45, 7) is 3.72. The first-order valence-electron chi connectivity index (χ1n) is 5.66. The van der Waals surface area contributed by atoms with Gasteiger partial charge in [-0.2, -0.15) is 13.2 Å². The van der Waals surface area contributed by atoms with Crippen molar-refractivity contribution in [2.75, 3.05) is 0 Å². The van der Waals surface area contributed by atoms with Crippen molar-refractivity contribution in [1.29, 1.82) is 0 Å². The lowest BCUT2D eigenvalue weighted by Gasteiger charge is -2.24. The maximum absolute atomic E-state index is 12.6. The van der Waals surface area contributed by atoms with E-state index in [9.17, 15) is 18.3 Å². The van der Waals surface area contributed by atoms with E-state index in [0.29, 0.717) is 19.3 Å².